The summed E-state index contributed by atoms with van der Waals surface area (Å²) in [6.07, 6.45) is -3.60. The molecule has 17 nitrogen and oxygen atoms in total. The van der Waals surface area contributed by atoms with Crippen molar-refractivity contribution in [1.29, 1.82) is 0 Å². The molecule has 2 N–H and O–H groups in total. The molecule has 55 heavy (non-hydrogen) atoms. The number of benzene rings is 3. The molecule has 0 radical (unpaired) electrons. The standard InChI is InChI=1S/C18H19ClF2N4O3S.C11H11ClF2N4O6S2/c1-28-12-5-3-11(4-6-12)9-25(29(2,26)27)18-16-13(19)7-8-14(22)17(16)24(23-18)10-15(20)21;1-25(21,22)18(26(2,23)24)11-9-6(12)3-4-7(17(19)20)10(9)16(15-11)5-8(13)14/h3-8,15H,9-10,22H2,1-2H3;3-4,8H,5H2,1-2H3. The van der Waals surface area contributed by atoms with Crippen LogP contribution in [0.4, 0.5) is 40.6 Å². The number of sulfonamides is 3. The highest BCUT2D eigenvalue weighted by Crippen LogP contribution is 2.40. The number of ether oxygens (including phenoxy) is 1. The number of rotatable bonds is 13. The first-order valence-electron chi connectivity index (χ1n) is 15.0. The Morgan fingerprint density at radius 1 is 0.782 bits per heavy atom. The van der Waals surface area contributed by atoms with Crippen molar-refractivity contribution >= 4 is 98.1 Å². The zero-order chi connectivity index (χ0) is 41.4. The largest absolute Gasteiger partial charge is 0.497 e. The van der Waals surface area contributed by atoms with Crippen LogP contribution in [0.25, 0.3) is 21.8 Å². The van der Waals surface area contributed by atoms with Crippen molar-refractivity contribution in [2.45, 2.75) is 32.5 Å². The lowest BCUT2D eigenvalue weighted by Gasteiger charge is -2.21. The molecular formula is C29H30Cl2F4N8O9S3. The van der Waals surface area contributed by atoms with Gasteiger partial charge in [0.15, 0.2) is 11.6 Å². The maximum Gasteiger partial charge on any atom is 0.295 e. The first-order valence-corrected chi connectivity index (χ1v) is 21.3. The number of halogens is 6. The van der Waals surface area contributed by atoms with E-state index in [1.165, 1.54) is 19.2 Å². The van der Waals surface area contributed by atoms with Gasteiger partial charge in [-0.05, 0) is 35.9 Å². The van der Waals surface area contributed by atoms with Crippen molar-refractivity contribution in [1.82, 2.24) is 19.6 Å². The second kappa shape index (κ2) is 16.2. The van der Waals surface area contributed by atoms with Gasteiger partial charge < -0.3 is 10.5 Å². The maximum atomic E-state index is 13.1. The van der Waals surface area contributed by atoms with Gasteiger partial charge in [0.2, 0.25) is 30.1 Å². The van der Waals surface area contributed by atoms with Crippen LogP contribution < -0.4 is 18.5 Å². The SMILES string of the molecule is COc1ccc(CN(c2nn(CC(F)F)c3c(N)ccc(Cl)c23)S(C)(=O)=O)cc1.CS(=O)(=O)N(c1nn(CC(F)F)c2c([N+](=O)[O-])ccc(Cl)c12)S(C)(=O)=O. The van der Waals surface area contributed by atoms with Crippen LogP contribution in [0.15, 0.2) is 48.5 Å². The smallest absolute Gasteiger partial charge is 0.295 e. The fraction of sp³-hybridized carbons (Fsp3) is 0.310. The number of nitrogens with two attached hydrogens (primary N) is 1. The van der Waals surface area contributed by atoms with Crippen molar-refractivity contribution < 1.29 is 52.5 Å². The molecule has 0 aliphatic carbocycles. The van der Waals surface area contributed by atoms with E-state index in [4.69, 9.17) is 33.7 Å². The minimum absolute atomic E-state index is 0.0590. The molecule has 0 spiro atoms. The summed E-state index contributed by atoms with van der Waals surface area (Å²) < 4.78 is 132. The Morgan fingerprint density at radius 3 is 1.71 bits per heavy atom. The third-order valence-corrected chi connectivity index (χ3v) is 12.3. The lowest BCUT2D eigenvalue weighted by molar-refractivity contribution is -0.383. The number of nitro groups is 1. The average Bonchev–Trinajstić information content (AvgIpc) is 3.59. The van der Waals surface area contributed by atoms with Crippen LogP contribution in [0.3, 0.4) is 0 Å². The number of anilines is 3. The van der Waals surface area contributed by atoms with Crippen molar-refractivity contribution in [2.75, 3.05) is 39.6 Å². The topological polar surface area (TPSA) is 223 Å². The van der Waals surface area contributed by atoms with Gasteiger partial charge >= 0.3 is 0 Å². The molecule has 0 atom stereocenters. The molecule has 300 valence electrons. The number of aromatic nitrogens is 4. The quantitative estimate of drug-likeness (QED) is 0.0706. The van der Waals surface area contributed by atoms with E-state index in [1.54, 1.807) is 24.3 Å². The van der Waals surface area contributed by atoms with Crippen molar-refractivity contribution in [2.24, 2.45) is 0 Å². The molecule has 5 aromatic rings. The summed E-state index contributed by atoms with van der Waals surface area (Å²) in [4.78, 5) is 10.3. The molecular weight excluding hydrogens is 847 g/mol. The van der Waals surface area contributed by atoms with Crippen LogP contribution in [-0.2, 0) is 49.7 Å². The van der Waals surface area contributed by atoms with Gasteiger partial charge in [-0.1, -0.05) is 35.3 Å². The van der Waals surface area contributed by atoms with E-state index in [9.17, 15) is 52.9 Å². The minimum atomic E-state index is -4.48. The first-order chi connectivity index (χ1) is 25.4. The summed E-state index contributed by atoms with van der Waals surface area (Å²) in [6, 6.07) is 11.7. The third kappa shape index (κ3) is 9.60. The van der Waals surface area contributed by atoms with Gasteiger partial charge in [0, 0.05) is 6.07 Å². The van der Waals surface area contributed by atoms with Gasteiger partial charge in [-0.15, -0.1) is 3.71 Å². The number of methoxy groups -OCH3 is 1. The number of hydrogen-bond acceptors (Lipinski definition) is 12. The fourth-order valence-electron chi connectivity index (χ4n) is 5.31. The number of hydrogen-bond donors (Lipinski definition) is 1. The fourth-order valence-corrected chi connectivity index (χ4v) is 9.46. The highest BCUT2D eigenvalue weighted by Gasteiger charge is 2.36. The number of nitrogens with zero attached hydrogens (tertiary/aromatic N) is 7. The van der Waals surface area contributed by atoms with Gasteiger partial charge in [-0.25, -0.2) is 51.8 Å². The van der Waals surface area contributed by atoms with Gasteiger partial charge in [-0.2, -0.15) is 10.2 Å². The summed E-state index contributed by atoms with van der Waals surface area (Å²) in [5.74, 6) is -0.266. The van der Waals surface area contributed by atoms with Gasteiger partial charge in [-0.3, -0.25) is 14.8 Å². The first kappa shape index (κ1) is 43.1. The monoisotopic (exact) mass is 876 g/mol. The predicted octanol–water partition coefficient (Wildman–Crippen LogP) is 5.10. The van der Waals surface area contributed by atoms with E-state index in [0.717, 1.165) is 27.4 Å². The Labute approximate surface area is 321 Å². The molecule has 2 aromatic heterocycles. The third-order valence-electron chi connectivity index (χ3n) is 7.37. The summed E-state index contributed by atoms with van der Waals surface area (Å²) >= 11 is 12.2. The van der Waals surface area contributed by atoms with E-state index in [-0.39, 0.29) is 42.7 Å². The molecule has 26 heteroatoms. The minimum Gasteiger partial charge on any atom is -0.497 e. The zero-order valence-electron chi connectivity index (χ0n) is 28.8. The summed E-state index contributed by atoms with van der Waals surface area (Å²) in [5.41, 5.74) is 5.73. The van der Waals surface area contributed by atoms with Crippen LogP contribution in [0.1, 0.15) is 5.56 Å². The number of alkyl halides is 4. The van der Waals surface area contributed by atoms with Crippen LogP contribution in [0.5, 0.6) is 5.75 Å². The molecule has 5 rings (SSSR count). The van der Waals surface area contributed by atoms with E-state index in [0.29, 0.717) is 28.5 Å². The van der Waals surface area contributed by atoms with Gasteiger partial charge in [0.1, 0.15) is 24.4 Å². The second-order valence-corrected chi connectivity index (χ2v) is 18.2. The van der Waals surface area contributed by atoms with E-state index < -0.39 is 83.3 Å². The summed E-state index contributed by atoms with van der Waals surface area (Å²) in [6.45, 7) is -1.96. The molecule has 0 saturated carbocycles. The lowest BCUT2D eigenvalue weighted by Crippen LogP contribution is -2.35. The van der Waals surface area contributed by atoms with E-state index in [2.05, 4.69) is 10.2 Å². The van der Waals surface area contributed by atoms with E-state index >= 15 is 0 Å². The van der Waals surface area contributed by atoms with Gasteiger partial charge in [0.25, 0.3) is 18.5 Å². The molecule has 0 aliphatic heterocycles. The second-order valence-electron chi connectivity index (χ2n) is 11.5. The van der Waals surface area contributed by atoms with Crippen LogP contribution in [-0.4, -0.2) is 88.5 Å². The molecule has 0 bridgehead atoms. The highest BCUT2D eigenvalue weighted by molar-refractivity contribution is 8.09. The lowest BCUT2D eigenvalue weighted by atomic mass is 10.2. The number of non-ortho nitro benzene ring substituents is 1. The molecule has 0 fully saturated rings. The Kier molecular flexibility index (Phi) is 12.7. The van der Waals surface area contributed by atoms with Crippen LogP contribution in [0, 0.1) is 10.1 Å². The van der Waals surface area contributed by atoms with E-state index in [1.807, 2.05) is 0 Å². The Balaban J connectivity index is 0.000000246. The highest BCUT2D eigenvalue weighted by atomic mass is 35.5. The van der Waals surface area contributed by atoms with Crippen molar-refractivity contribution in [3.05, 3.63) is 74.3 Å². The van der Waals surface area contributed by atoms with Crippen LogP contribution in [0.2, 0.25) is 10.0 Å². The zero-order valence-corrected chi connectivity index (χ0v) is 32.7. The Morgan fingerprint density at radius 2 is 1.25 bits per heavy atom. The molecule has 0 aliphatic rings. The summed E-state index contributed by atoms with van der Waals surface area (Å²) in [5, 5.41) is 18.6. The molecule has 0 unspecified atom stereocenters. The average molecular weight is 878 g/mol. The molecule has 3 aromatic carbocycles. The molecule has 0 amide bonds. The normalized spacial score (nSPS) is 12.3. The Bertz CT molecular complexity index is 2560. The van der Waals surface area contributed by atoms with Crippen molar-refractivity contribution in [3.8, 4) is 5.75 Å². The molecule has 0 saturated heterocycles. The Hall–Kier alpha value is -4.65. The maximum absolute atomic E-state index is 13.1. The van der Waals surface area contributed by atoms with Gasteiger partial charge in [0.05, 0.1) is 69.4 Å². The van der Waals surface area contributed by atoms with Crippen LogP contribution >= 0.6 is 23.2 Å². The number of nitrogen functional groups attached to an aromatic ring is 1. The molecule has 2 heterocycles. The number of nitro benzene ring substituents is 1. The number of fused-ring (bicyclic) bond motifs is 2. The summed E-state index contributed by atoms with van der Waals surface area (Å²) in [7, 11) is -11.3. The van der Waals surface area contributed by atoms with Crippen molar-refractivity contribution in [3.63, 3.8) is 0 Å². The predicted molar refractivity (Wildman–Crippen MR) is 199 cm³/mol.